The van der Waals surface area contributed by atoms with Crippen LogP contribution in [0.2, 0.25) is 0 Å². The lowest BCUT2D eigenvalue weighted by atomic mass is 9.98. The van der Waals surface area contributed by atoms with Crippen molar-refractivity contribution in [2.75, 3.05) is 20.3 Å². The zero-order valence-corrected chi connectivity index (χ0v) is 31.3. The van der Waals surface area contributed by atoms with Gasteiger partial charge in [0.05, 0.1) is 26.4 Å². The highest BCUT2D eigenvalue weighted by atomic mass is 16.7. The molecule has 0 radical (unpaired) electrons. The number of phenolic OH excluding ortho intramolecular Hbond substituents is 1. The summed E-state index contributed by atoms with van der Waals surface area (Å²) in [7, 11) is 1.45. The van der Waals surface area contributed by atoms with E-state index in [1.165, 1.54) is 14.0 Å². The van der Waals surface area contributed by atoms with Gasteiger partial charge in [0.25, 0.3) is 0 Å². The van der Waals surface area contributed by atoms with Crippen LogP contribution >= 0.6 is 0 Å². The van der Waals surface area contributed by atoms with Crippen molar-refractivity contribution < 1.29 is 88.6 Å². The van der Waals surface area contributed by atoms with Gasteiger partial charge in [-0.05, 0) is 51.5 Å². The van der Waals surface area contributed by atoms with Gasteiger partial charge >= 0.3 is 0 Å². The van der Waals surface area contributed by atoms with Crippen LogP contribution in [0.1, 0.15) is 26.3 Å². The first kappa shape index (κ1) is 42.7. The van der Waals surface area contributed by atoms with Gasteiger partial charge in [0.2, 0.25) is 23.8 Å². The molecule has 3 fully saturated rings. The van der Waals surface area contributed by atoms with E-state index in [0.717, 1.165) is 11.6 Å². The molecule has 1 aromatic heterocycles. The van der Waals surface area contributed by atoms with E-state index in [0.29, 0.717) is 5.75 Å². The fourth-order valence-electron chi connectivity index (χ4n) is 6.75. The Morgan fingerprint density at radius 3 is 2.14 bits per heavy atom. The van der Waals surface area contributed by atoms with Gasteiger partial charge in [-0.15, -0.1) is 0 Å². The number of ether oxygens (including phenoxy) is 7. The molecule has 10 N–H and O–H groups in total. The molecule has 4 heterocycles. The predicted molar refractivity (Wildman–Crippen MR) is 193 cm³/mol. The smallest absolute Gasteiger partial charge is 0.239 e. The second-order valence-electron chi connectivity index (χ2n) is 14.4. The summed E-state index contributed by atoms with van der Waals surface area (Å²) in [5, 5.41) is 105. The number of benzene rings is 2. The monoisotopic (exact) mass is 808 g/mol. The largest absolute Gasteiger partial charge is 0.507 e. The minimum atomic E-state index is -1.91. The van der Waals surface area contributed by atoms with E-state index >= 15 is 0 Å². The van der Waals surface area contributed by atoms with Crippen LogP contribution < -0.4 is 19.6 Å². The Labute approximate surface area is 325 Å². The number of phenols is 1. The average molecular weight is 809 g/mol. The number of aromatic hydroxyl groups is 1. The Balaban J connectivity index is 1.42. The predicted octanol–water partition coefficient (Wildman–Crippen LogP) is -1.47. The molecule has 2 aromatic carbocycles. The lowest BCUT2D eigenvalue weighted by Gasteiger charge is -2.44. The maximum atomic E-state index is 14.5. The lowest BCUT2D eigenvalue weighted by molar-refractivity contribution is -0.334. The van der Waals surface area contributed by atoms with Crippen LogP contribution in [0.3, 0.4) is 0 Å². The molecule has 0 bridgehead atoms. The number of fused-ring (bicyclic) bond motifs is 1. The van der Waals surface area contributed by atoms with E-state index in [2.05, 4.69) is 0 Å². The Hall–Kier alpha value is -3.93. The summed E-state index contributed by atoms with van der Waals surface area (Å²) in [4.78, 5) is 14.5. The van der Waals surface area contributed by atoms with Gasteiger partial charge in [-0.3, -0.25) is 4.79 Å². The van der Waals surface area contributed by atoms with Crippen molar-refractivity contribution in [1.82, 2.24) is 0 Å². The van der Waals surface area contributed by atoms with E-state index in [1.54, 1.807) is 30.3 Å². The molecule has 14 atom stereocenters. The second kappa shape index (κ2) is 17.5. The second-order valence-corrected chi connectivity index (χ2v) is 14.4. The summed E-state index contributed by atoms with van der Waals surface area (Å²) < 4.78 is 46.1. The molecule has 314 valence electrons. The first-order valence-corrected chi connectivity index (χ1v) is 18.2. The molecular formula is C38H48O19. The highest BCUT2D eigenvalue weighted by molar-refractivity contribution is 5.91. The molecule has 0 saturated carbocycles. The van der Waals surface area contributed by atoms with Crippen LogP contribution in [0.25, 0.3) is 22.3 Å². The van der Waals surface area contributed by atoms with Gasteiger partial charge in [-0.1, -0.05) is 11.6 Å². The van der Waals surface area contributed by atoms with Gasteiger partial charge < -0.3 is 88.6 Å². The van der Waals surface area contributed by atoms with Gasteiger partial charge in [0.1, 0.15) is 89.3 Å². The third kappa shape index (κ3) is 8.48. The molecule has 3 aliphatic heterocycles. The van der Waals surface area contributed by atoms with Crippen LogP contribution in [0.5, 0.6) is 23.0 Å². The van der Waals surface area contributed by atoms with Crippen molar-refractivity contribution in [1.29, 1.82) is 0 Å². The van der Waals surface area contributed by atoms with Gasteiger partial charge in [-0.2, -0.15) is 0 Å². The maximum absolute atomic E-state index is 14.5. The third-order valence-corrected chi connectivity index (χ3v) is 10.1. The Kier molecular flexibility index (Phi) is 13.1. The molecule has 19 heteroatoms. The van der Waals surface area contributed by atoms with Crippen LogP contribution in [0.4, 0.5) is 0 Å². The zero-order chi connectivity index (χ0) is 41.5. The normalized spacial score (nSPS) is 34.5. The summed E-state index contributed by atoms with van der Waals surface area (Å²) in [5.41, 5.74) is 0.120. The fourth-order valence-corrected chi connectivity index (χ4v) is 6.75. The van der Waals surface area contributed by atoms with Gasteiger partial charge in [0.15, 0.2) is 12.1 Å². The number of methoxy groups -OCH3 is 1. The molecule has 57 heavy (non-hydrogen) atoms. The van der Waals surface area contributed by atoms with Crippen molar-refractivity contribution in [2.45, 2.75) is 113 Å². The van der Waals surface area contributed by atoms with Crippen molar-refractivity contribution in [2.24, 2.45) is 0 Å². The molecule has 0 unspecified atom stereocenters. The van der Waals surface area contributed by atoms with E-state index in [4.69, 9.17) is 37.6 Å². The Morgan fingerprint density at radius 1 is 0.842 bits per heavy atom. The first-order chi connectivity index (χ1) is 27.1. The Bertz CT molecular complexity index is 1940. The van der Waals surface area contributed by atoms with E-state index in [9.17, 15) is 55.9 Å². The number of aliphatic hydroxyl groups is 9. The highest BCUT2D eigenvalue weighted by Gasteiger charge is 2.49. The minimum absolute atomic E-state index is 0.0298. The molecule has 0 aliphatic carbocycles. The van der Waals surface area contributed by atoms with Gasteiger partial charge in [-0.25, -0.2) is 0 Å². The quantitative estimate of drug-likeness (QED) is 0.0990. The van der Waals surface area contributed by atoms with Crippen LogP contribution in [-0.2, 0) is 25.4 Å². The maximum Gasteiger partial charge on any atom is 0.239 e. The molecular weight excluding hydrogens is 760 g/mol. The molecule has 6 rings (SSSR count). The topological polar surface area (TPSA) is 297 Å². The molecule has 3 saturated heterocycles. The van der Waals surface area contributed by atoms with Crippen molar-refractivity contribution in [3.63, 3.8) is 0 Å². The third-order valence-electron chi connectivity index (χ3n) is 10.1. The molecule has 19 nitrogen and oxygen atoms in total. The van der Waals surface area contributed by atoms with E-state index in [1.807, 2.05) is 13.8 Å². The summed E-state index contributed by atoms with van der Waals surface area (Å²) in [5.74, 6) is -1.16. The van der Waals surface area contributed by atoms with Gasteiger partial charge in [0, 0.05) is 17.2 Å². The highest BCUT2D eigenvalue weighted by Crippen LogP contribution is 2.42. The number of hydrogen-bond donors (Lipinski definition) is 10. The van der Waals surface area contributed by atoms with Crippen molar-refractivity contribution >= 4 is 11.0 Å². The van der Waals surface area contributed by atoms with Crippen LogP contribution in [0, 0.1) is 0 Å². The van der Waals surface area contributed by atoms with Crippen molar-refractivity contribution in [3.05, 3.63) is 57.8 Å². The standard InChI is InChI=1S/C38H48O19/c1-14(2)5-10-18-21(53-38-30(48)27(45)25(43)22(12-39)54-38)11-19(40)23-26(44)35(33(55-34(18)23)16-6-8-17(50-4)9-7-16)57-37-31(49)28(46)32(15(3)52-37)56-36-29(47)24(42)20(41)13-51-36/h5-9,11,15,20,22,24-25,27-32,36-43,45-49H,10,12-13H2,1-4H3/t15-,20-,22-,24+,25-,27+,28-,29-,30-,31+,32-,36-,37+,38-/m1/s1. The summed E-state index contributed by atoms with van der Waals surface area (Å²) in [6, 6.07) is 7.28. The zero-order valence-electron chi connectivity index (χ0n) is 31.3. The fraction of sp³-hybridized carbons (Fsp3) is 0.553. The Morgan fingerprint density at radius 2 is 1.49 bits per heavy atom. The lowest BCUT2D eigenvalue weighted by Crippen LogP contribution is -2.62. The molecule has 0 amide bonds. The molecule has 0 spiro atoms. The van der Waals surface area contributed by atoms with Crippen molar-refractivity contribution in [3.8, 4) is 34.3 Å². The number of aliphatic hydroxyl groups excluding tert-OH is 9. The van der Waals surface area contributed by atoms with Crippen LogP contribution in [-0.4, -0.2) is 157 Å². The average Bonchev–Trinajstić information content (AvgIpc) is 3.18. The SMILES string of the molecule is COc1ccc(-c2oc3c(CC=C(C)C)c(O[C@@H]4O[C@H](CO)[C@@H](O)[C@H](O)[C@H]4O)cc(O)c3c(=O)c2O[C@@H]2O[C@H](C)[C@@H](O[C@H]3OC[C@@H](O)[C@H](O)[C@H]3O)[C@H](O)[C@@H]2O)cc1. The van der Waals surface area contributed by atoms with Crippen LogP contribution in [0.15, 0.2) is 51.2 Å². The summed E-state index contributed by atoms with van der Waals surface area (Å²) in [6.07, 6.45) is -20.5. The number of hydrogen-bond acceptors (Lipinski definition) is 19. The summed E-state index contributed by atoms with van der Waals surface area (Å²) >= 11 is 0. The number of rotatable bonds is 11. The summed E-state index contributed by atoms with van der Waals surface area (Å²) in [6.45, 7) is 3.96. The van der Waals surface area contributed by atoms with E-state index < -0.39 is 115 Å². The number of allylic oxidation sites excluding steroid dienone is 2. The molecule has 3 aliphatic rings. The molecule has 3 aromatic rings. The minimum Gasteiger partial charge on any atom is -0.507 e. The first-order valence-electron chi connectivity index (χ1n) is 18.2. The van der Waals surface area contributed by atoms with E-state index in [-0.39, 0.29) is 41.2 Å².